The number of benzene rings is 1. The van der Waals surface area contributed by atoms with Crippen LogP contribution in [0.2, 0.25) is 5.02 Å². The number of amides is 2. The molecule has 0 atom stereocenters. The zero-order chi connectivity index (χ0) is 29.4. The molecule has 1 aliphatic heterocycles. The first-order chi connectivity index (χ1) is 19.5. The summed E-state index contributed by atoms with van der Waals surface area (Å²) in [5.41, 5.74) is -1.76. The lowest BCUT2D eigenvalue weighted by molar-refractivity contribution is -0.146. The maximum Gasteiger partial charge on any atom is 0.433 e. The largest absolute Gasteiger partial charge is 0.449 e. The molecule has 1 aromatic carbocycles. The number of ether oxygens (including phenoxy) is 1. The zero-order valence-electron chi connectivity index (χ0n) is 22.1. The molecule has 3 aromatic rings. The van der Waals surface area contributed by atoms with Gasteiger partial charge in [-0.3, -0.25) is 9.48 Å². The minimum atomic E-state index is -4.82. The van der Waals surface area contributed by atoms with Crippen LogP contribution in [-0.4, -0.2) is 74.5 Å². The average Bonchev–Trinajstić information content (AvgIpc) is 3.37. The van der Waals surface area contributed by atoms with Crippen LogP contribution < -0.4 is 0 Å². The summed E-state index contributed by atoms with van der Waals surface area (Å²) in [6, 6.07) is 4.66. The van der Waals surface area contributed by atoms with E-state index in [1.54, 1.807) is 0 Å². The van der Waals surface area contributed by atoms with E-state index in [0.717, 1.165) is 18.9 Å². The molecule has 220 valence electrons. The van der Waals surface area contributed by atoms with E-state index in [1.807, 2.05) is 6.92 Å². The predicted octanol–water partition coefficient (Wildman–Crippen LogP) is 4.91. The van der Waals surface area contributed by atoms with E-state index >= 15 is 0 Å². The molecule has 2 aliphatic rings. The fraction of sp³-hybridized carbons (Fsp3) is 0.500. The number of hydrogen-bond acceptors (Lipinski definition) is 7. The van der Waals surface area contributed by atoms with Gasteiger partial charge in [0.1, 0.15) is 18.1 Å². The van der Waals surface area contributed by atoms with Gasteiger partial charge in [-0.05, 0) is 43.0 Å². The topological polar surface area (TPSA) is 107 Å². The molecule has 0 N–H and O–H groups in total. The molecule has 1 saturated carbocycles. The quantitative estimate of drug-likeness (QED) is 0.268. The predicted molar refractivity (Wildman–Crippen MR) is 136 cm³/mol. The number of aromatic nitrogens is 4. The molecule has 10 nitrogen and oxygen atoms in total. The van der Waals surface area contributed by atoms with Crippen LogP contribution in [0.25, 0.3) is 11.6 Å². The molecule has 0 unspecified atom stereocenters. The lowest BCUT2D eigenvalue weighted by atomic mass is 9.95. The molecule has 5 rings (SSSR count). The molecule has 0 spiro atoms. The number of hydrogen-bond donors (Lipinski definition) is 0. The summed E-state index contributed by atoms with van der Waals surface area (Å²) in [6.07, 6.45) is -2.57. The highest BCUT2D eigenvalue weighted by atomic mass is 35.5. The number of rotatable bonds is 8. The Morgan fingerprint density at radius 3 is 2.49 bits per heavy atom. The molecule has 1 saturated heterocycles. The third kappa shape index (κ3) is 6.02. The van der Waals surface area contributed by atoms with E-state index in [0.29, 0.717) is 34.7 Å². The number of carbonyl (C=O) groups excluding carboxylic acids is 2. The minimum Gasteiger partial charge on any atom is -0.449 e. The van der Waals surface area contributed by atoms with Crippen LogP contribution in [0.15, 0.2) is 28.8 Å². The summed E-state index contributed by atoms with van der Waals surface area (Å²) in [7, 11) is 0. The number of piperazine rings is 1. The maximum atomic E-state index is 13.9. The summed E-state index contributed by atoms with van der Waals surface area (Å²) in [5, 5.41) is 8.22. The van der Waals surface area contributed by atoms with Gasteiger partial charge in [0, 0.05) is 37.3 Å². The SMILES string of the molecule is CCCCOC(=O)N1CCN(C(=O)Cn2nc(-c3nc(C4(c5cc(F)ccc5Cl)CC4)no3)cc2C(F)(F)F)CC1. The standard InChI is InChI=1S/C26H27ClF4N6O4/c1-2-3-12-40-24(39)36-10-8-35(9-11-36)21(38)15-37-20(26(29,30)31)14-19(33-37)22-32-23(34-41-22)25(6-7-25)17-13-16(28)4-5-18(17)27/h4-5,13-14H,2-3,6-12,15H2,1H3. The van der Waals surface area contributed by atoms with Crippen LogP contribution in [0.5, 0.6) is 0 Å². The van der Waals surface area contributed by atoms with Crippen molar-refractivity contribution in [2.24, 2.45) is 0 Å². The third-order valence-electron chi connectivity index (χ3n) is 7.24. The van der Waals surface area contributed by atoms with E-state index in [2.05, 4.69) is 15.2 Å². The molecular weight excluding hydrogens is 572 g/mol. The van der Waals surface area contributed by atoms with Gasteiger partial charge in [0.15, 0.2) is 11.5 Å². The zero-order valence-corrected chi connectivity index (χ0v) is 22.8. The van der Waals surface area contributed by atoms with Gasteiger partial charge >= 0.3 is 12.3 Å². The Labute approximate surface area is 237 Å². The molecule has 41 heavy (non-hydrogen) atoms. The lowest BCUT2D eigenvalue weighted by Gasteiger charge is -2.34. The first-order valence-electron chi connectivity index (χ1n) is 13.2. The van der Waals surface area contributed by atoms with Gasteiger partial charge in [0.2, 0.25) is 5.91 Å². The molecule has 2 aromatic heterocycles. The van der Waals surface area contributed by atoms with Crippen molar-refractivity contribution in [1.82, 2.24) is 29.7 Å². The Balaban J connectivity index is 1.30. The number of carbonyl (C=O) groups is 2. The van der Waals surface area contributed by atoms with Crippen molar-refractivity contribution < 1.29 is 36.4 Å². The van der Waals surface area contributed by atoms with E-state index < -0.39 is 41.6 Å². The molecular formula is C26H27ClF4N6O4. The second-order valence-electron chi connectivity index (χ2n) is 10.0. The fourth-order valence-electron chi connectivity index (χ4n) is 4.76. The summed E-state index contributed by atoms with van der Waals surface area (Å²) < 4.78 is 66.5. The second kappa shape index (κ2) is 11.3. The van der Waals surface area contributed by atoms with E-state index in [-0.39, 0.29) is 43.6 Å². The van der Waals surface area contributed by atoms with Gasteiger partial charge in [0.05, 0.1) is 12.0 Å². The summed E-state index contributed by atoms with van der Waals surface area (Å²) in [4.78, 5) is 32.1. The van der Waals surface area contributed by atoms with Gasteiger partial charge in [-0.15, -0.1) is 0 Å². The van der Waals surface area contributed by atoms with Gasteiger partial charge in [0.25, 0.3) is 5.89 Å². The smallest absolute Gasteiger partial charge is 0.433 e. The Kier molecular flexibility index (Phi) is 7.95. The Morgan fingerprint density at radius 1 is 1.12 bits per heavy atom. The fourth-order valence-corrected chi connectivity index (χ4v) is 5.05. The Morgan fingerprint density at radius 2 is 1.83 bits per heavy atom. The Bertz CT molecular complexity index is 1430. The van der Waals surface area contributed by atoms with Crippen LogP contribution in [0.3, 0.4) is 0 Å². The van der Waals surface area contributed by atoms with Crippen molar-refractivity contribution in [2.45, 2.75) is 50.7 Å². The molecule has 2 amide bonds. The summed E-state index contributed by atoms with van der Waals surface area (Å²) >= 11 is 6.28. The highest BCUT2D eigenvalue weighted by Crippen LogP contribution is 2.54. The van der Waals surface area contributed by atoms with Gasteiger partial charge < -0.3 is 19.1 Å². The number of halogens is 5. The van der Waals surface area contributed by atoms with Crippen molar-refractivity contribution in [1.29, 1.82) is 0 Å². The first kappa shape index (κ1) is 28.8. The van der Waals surface area contributed by atoms with Crippen LogP contribution in [0.1, 0.15) is 49.7 Å². The average molecular weight is 599 g/mol. The molecule has 2 fully saturated rings. The van der Waals surface area contributed by atoms with Crippen molar-refractivity contribution in [3.05, 3.63) is 52.2 Å². The second-order valence-corrected chi connectivity index (χ2v) is 10.4. The van der Waals surface area contributed by atoms with Crippen LogP contribution in [0.4, 0.5) is 22.4 Å². The summed E-state index contributed by atoms with van der Waals surface area (Å²) in [6.45, 7) is 2.30. The molecule has 0 bridgehead atoms. The van der Waals surface area contributed by atoms with E-state index in [9.17, 15) is 27.2 Å². The van der Waals surface area contributed by atoms with Crippen LogP contribution in [0, 0.1) is 5.82 Å². The van der Waals surface area contributed by atoms with Crippen molar-refractivity contribution in [3.8, 4) is 11.6 Å². The summed E-state index contributed by atoms with van der Waals surface area (Å²) in [5.74, 6) is -1.20. The number of alkyl halides is 3. The minimum absolute atomic E-state index is 0.148. The molecule has 3 heterocycles. The van der Waals surface area contributed by atoms with Crippen molar-refractivity contribution in [3.63, 3.8) is 0 Å². The number of nitrogens with zero attached hydrogens (tertiary/aromatic N) is 6. The van der Waals surface area contributed by atoms with Crippen molar-refractivity contribution >= 4 is 23.6 Å². The highest BCUT2D eigenvalue weighted by molar-refractivity contribution is 6.31. The van der Waals surface area contributed by atoms with Crippen molar-refractivity contribution in [2.75, 3.05) is 32.8 Å². The first-order valence-corrected chi connectivity index (χ1v) is 13.5. The van der Waals surface area contributed by atoms with E-state index in [1.165, 1.54) is 28.0 Å². The van der Waals surface area contributed by atoms with Gasteiger partial charge in [-0.2, -0.15) is 23.3 Å². The number of unbranched alkanes of at least 4 members (excludes halogenated alkanes) is 1. The monoisotopic (exact) mass is 598 g/mol. The Hall–Kier alpha value is -3.68. The van der Waals surface area contributed by atoms with E-state index in [4.69, 9.17) is 20.9 Å². The van der Waals surface area contributed by atoms with Crippen LogP contribution >= 0.6 is 11.6 Å². The highest BCUT2D eigenvalue weighted by Gasteiger charge is 2.51. The molecule has 1 aliphatic carbocycles. The lowest BCUT2D eigenvalue weighted by Crippen LogP contribution is -2.51. The normalized spacial score (nSPS) is 16.6. The van der Waals surface area contributed by atoms with Gasteiger partial charge in [-0.25, -0.2) is 9.18 Å². The molecule has 15 heteroatoms. The molecule has 0 radical (unpaired) electrons. The maximum absolute atomic E-state index is 13.9. The van der Waals surface area contributed by atoms with Gasteiger partial charge in [-0.1, -0.05) is 30.1 Å². The van der Waals surface area contributed by atoms with Crippen LogP contribution in [-0.2, 0) is 27.7 Å². The third-order valence-corrected chi connectivity index (χ3v) is 7.57.